The van der Waals surface area contributed by atoms with Crippen molar-refractivity contribution in [2.75, 3.05) is 0 Å². The molecule has 80 valence electrons. The topological polar surface area (TPSA) is 20.2 Å². The first kappa shape index (κ1) is 12.8. The monoisotopic (exact) mass is 194 g/mol. The molecule has 13 heavy (non-hydrogen) atoms. The van der Waals surface area contributed by atoms with Gasteiger partial charge in [-0.3, -0.25) is 0 Å². The molecular formula is C10H20F2O. The van der Waals surface area contributed by atoms with Crippen molar-refractivity contribution in [2.45, 2.75) is 52.6 Å². The minimum atomic E-state index is -2.93. The van der Waals surface area contributed by atoms with E-state index in [4.69, 9.17) is 0 Å². The molecule has 3 heteroatoms. The molecule has 0 rings (SSSR count). The van der Waals surface area contributed by atoms with Gasteiger partial charge in [0.2, 0.25) is 0 Å². The van der Waals surface area contributed by atoms with E-state index in [2.05, 4.69) is 0 Å². The van der Waals surface area contributed by atoms with E-state index in [1.807, 2.05) is 13.8 Å². The van der Waals surface area contributed by atoms with Crippen LogP contribution in [0.1, 0.15) is 40.5 Å². The van der Waals surface area contributed by atoms with Gasteiger partial charge in [-0.1, -0.05) is 27.7 Å². The maximum Gasteiger partial charge on any atom is 0.273 e. The molecule has 1 atom stereocenters. The molecule has 0 aliphatic carbocycles. The summed E-state index contributed by atoms with van der Waals surface area (Å²) < 4.78 is 26.4. The van der Waals surface area contributed by atoms with Gasteiger partial charge >= 0.3 is 0 Å². The van der Waals surface area contributed by atoms with Crippen LogP contribution < -0.4 is 0 Å². The van der Waals surface area contributed by atoms with E-state index in [-0.39, 0.29) is 18.3 Å². The quantitative estimate of drug-likeness (QED) is 0.713. The Morgan fingerprint density at radius 3 is 1.92 bits per heavy atom. The van der Waals surface area contributed by atoms with Gasteiger partial charge in [0.05, 0.1) is 0 Å². The molecule has 0 aliphatic rings. The summed E-state index contributed by atoms with van der Waals surface area (Å²) >= 11 is 0. The van der Waals surface area contributed by atoms with Crippen molar-refractivity contribution >= 4 is 0 Å². The second-order valence-corrected chi connectivity index (χ2v) is 4.38. The Morgan fingerprint density at radius 1 is 1.15 bits per heavy atom. The van der Waals surface area contributed by atoms with Gasteiger partial charge in [-0.2, -0.15) is 0 Å². The molecule has 0 aromatic carbocycles. The summed E-state index contributed by atoms with van der Waals surface area (Å²) in [6, 6.07) is 0. The molecule has 1 N–H and O–H groups in total. The van der Waals surface area contributed by atoms with Crippen LogP contribution in [-0.4, -0.2) is 17.1 Å². The first-order valence-electron chi connectivity index (χ1n) is 4.83. The van der Waals surface area contributed by atoms with E-state index in [0.717, 1.165) is 0 Å². The lowest BCUT2D eigenvalue weighted by atomic mass is 9.95. The van der Waals surface area contributed by atoms with Crippen LogP contribution in [0.4, 0.5) is 8.78 Å². The summed E-state index contributed by atoms with van der Waals surface area (Å²) in [7, 11) is 0. The van der Waals surface area contributed by atoms with E-state index in [0.29, 0.717) is 6.42 Å². The van der Waals surface area contributed by atoms with Gasteiger partial charge in [0.1, 0.15) is 6.10 Å². The molecule has 1 nitrogen and oxygen atoms in total. The predicted octanol–water partition coefficient (Wildman–Crippen LogP) is 3.07. The Hall–Kier alpha value is -0.180. The van der Waals surface area contributed by atoms with Crippen molar-refractivity contribution in [1.29, 1.82) is 0 Å². The number of hydrogen-bond acceptors (Lipinski definition) is 1. The molecular weight excluding hydrogens is 174 g/mol. The molecule has 0 bridgehead atoms. The molecule has 0 saturated heterocycles. The van der Waals surface area contributed by atoms with Crippen molar-refractivity contribution in [3.05, 3.63) is 0 Å². The third kappa shape index (κ3) is 4.55. The van der Waals surface area contributed by atoms with Gasteiger partial charge in [-0.05, 0) is 18.3 Å². The average Bonchev–Trinajstić information content (AvgIpc) is 1.99. The Morgan fingerprint density at radius 2 is 1.62 bits per heavy atom. The van der Waals surface area contributed by atoms with E-state index in [1.165, 1.54) is 0 Å². The molecule has 1 unspecified atom stereocenters. The van der Waals surface area contributed by atoms with Crippen LogP contribution in [0.5, 0.6) is 0 Å². The smallest absolute Gasteiger partial charge is 0.273 e. The predicted molar refractivity (Wildman–Crippen MR) is 49.9 cm³/mol. The van der Waals surface area contributed by atoms with Crippen molar-refractivity contribution in [2.24, 2.45) is 11.8 Å². The SMILES string of the molecule is CC(C)CCC(F)(F)C(O)C(C)C. The zero-order valence-corrected chi connectivity index (χ0v) is 8.85. The van der Waals surface area contributed by atoms with Crippen molar-refractivity contribution in [3.63, 3.8) is 0 Å². The van der Waals surface area contributed by atoms with Crippen LogP contribution >= 0.6 is 0 Å². The standard InChI is InChI=1S/C10H20F2O/c1-7(2)5-6-10(11,12)9(13)8(3)4/h7-9,13H,5-6H2,1-4H3. The second-order valence-electron chi connectivity index (χ2n) is 4.38. The van der Waals surface area contributed by atoms with Crippen LogP contribution in [0.25, 0.3) is 0 Å². The molecule has 0 aliphatic heterocycles. The Bertz CT molecular complexity index is 144. The minimum absolute atomic E-state index is 0.218. The maximum atomic E-state index is 13.2. The van der Waals surface area contributed by atoms with Crippen LogP contribution in [-0.2, 0) is 0 Å². The normalized spacial score (nSPS) is 15.5. The number of aliphatic hydroxyl groups is 1. The minimum Gasteiger partial charge on any atom is -0.387 e. The molecule has 0 saturated carbocycles. The maximum absolute atomic E-state index is 13.2. The van der Waals surface area contributed by atoms with Gasteiger partial charge in [0.15, 0.2) is 0 Å². The zero-order valence-electron chi connectivity index (χ0n) is 8.85. The summed E-state index contributed by atoms with van der Waals surface area (Å²) in [5.74, 6) is -3.06. The van der Waals surface area contributed by atoms with Gasteiger partial charge in [0, 0.05) is 6.42 Å². The van der Waals surface area contributed by atoms with Crippen LogP contribution in [0.3, 0.4) is 0 Å². The van der Waals surface area contributed by atoms with Gasteiger partial charge in [-0.25, -0.2) is 8.78 Å². The highest BCUT2D eigenvalue weighted by Crippen LogP contribution is 2.30. The lowest BCUT2D eigenvalue weighted by Gasteiger charge is -2.25. The number of hydrogen-bond donors (Lipinski definition) is 1. The Balaban J connectivity index is 4.06. The number of alkyl halides is 2. The van der Waals surface area contributed by atoms with Crippen LogP contribution in [0.15, 0.2) is 0 Å². The number of aliphatic hydroxyl groups excluding tert-OH is 1. The van der Waals surface area contributed by atoms with Gasteiger partial charge < -0.3 is 5.11 Å². The zero-order chi connectivity index (χ0) is 10.6. The largest absolute Gasteiger partial charge is 0.387 e. The van der Waals surface area contributed by atoms with E-state index in [9.17, 15) is 13.9 Å². The Labute approximate surface area is 79.1 Å². The highest BCUT2D eigenvalue weighted by molar-refractivity contribution is 4.79. The van der Waals surface area contributed by atoms with E-state index < -0.39 is 12.0 Å². The molecule has 0 aromatic heterocycles. The fourth-order valence-electron chi connectivity index (χ4n) is 1.12. The van der Waals surface area contributed by atoms with Crippen molar-refractivity contribution in [3.8, 4) is 0 Å². The molecule has 0 heterocycles. The third-order valence-corrected chi connectivity index (χ3v) is 2.12. The van der Waals surface area contributed by atoms with Crippen LogP contribution in [0.2, 0.25) is 0 Å². The molecule has 0 fully saturated rings. The highest BCUT2D eigenvalue weighted by Gasteiger charge is 2.39. The summed E-state index contributed by atoms with van der Waals surface area (Å²) in [6.07, 6.45) is -1.27. The van der Waals surface area contributed by atoms with Crippen molar-refractivity contribution in [1.82, 2.24) is 0 Å². The fraction of sp³-hybridized carbons (Fsp3) is 1.00. The number of halogens is 2. The first-order chi connectivity index (χ1) is 5.77. The lowest BCUT2D eigenvalue weighted by Crippen LogP contribution is -2.37. The van der Waals surface area contributed by atoms with Gasteiger partial charge in [-0.15, -0.1) is 0 Å². The van der Waals surface area contributed by atoms with E-state index in [1.54, 1.807) is 13.8 Å². The van der Waals surface area contributed by atoms with Crippen molar-refractivity contribution < 1.29 is 13.9 Å². The Kier molecular flexibility index (Phi) is 4.82. The molecule has 0 aromatic rings. The van der Waals surface area contributed by atoms with Gasteiger partial charge in [0.25, 0.3) is 5.92 Å². The van der Waals surface area contributed by atoms with Crippen LogP contribution in [0, 0.1) is 11.8 Å². The fourth-order valence-corrected chi connectivity index (χ4v) is 1.12. The number of rotatable bonds is 5. The summed E-state index contributed by atoms with van der Waals surface area (Å²) in [5.41, 5.74) is 0. The van der Waals surface area contributed by atoms with E-state index >= 15 is 0 Å². The first-order valence-corrected chi connectivity index (χ1v) is 4.83. The highest BCUT2D eigenvalue weighted by atomic mass is 19.3. The summed E-state index contributed by atoms with van der Waals surface area (Å²) in [4.78, 5) is 0. The lowest BCUT2D eigenvalue weighted by molar-refractivity contribution is -0.132. The molecule has 0 amide bonds. The molecule has 0 spiro atoms. The summed E-state index contributed by atoms with van der Waals surface area (Å²) in [5, 5.41) is 9.22. The average molecular weight is 194 g/mol. The second kappa shape index (κ2) is 4.89. The molecule has 0 radical (unpaired) electrons. The third-order valence-electron chi connectivity index (χ3n) is 2.12. The summed E-state index contributed by atoms with van der Waals surface area (Å²) in [6.45, 7) is 7.01.